The molecule has 22 heavy (non-hydrogen) atoms. The van der Waals surface area contributed by atoms with Gasteiger partial charge in [0.2, 0.25) is 5.91 Å². The maximum atomic E-state index is 13.4. The number of hydrogen-bond acceptors (Lipinski definition) is 5. The second kappa shape index (κ2) is 7.33. The molecular formula is C15H19FN4OS. The topological polar surface area (TPSA) is 71.2 Å². The van der Waals surface area contributed by atoms with E-state index in [0.29, 0.717) is 23.7 Å². The van der Waals surface area contributed by atoms with Gasteiger partial charge in [0.1, 0.15) is 11.9 Å². The zero-order valence-corrected chi connectivity index (χ0v) is 13.4. The number of carbonyl (C=O) groups excluding carboxylic acids is 1. The minimum Gasteiger partial charge on any atom is -0.375 e. The Hall–Kier alpha value is -1.99. The number of thiazole rings is 1. The molecule has 1 aromatic carbocycles. The highest BCUT2D eigenvalue weighted by molar-refractivity contribution is 7.13. The summed E-state index contributed by atoms with van der Waals surface area (Å²) in [4.78, 5) is 18.3. The fraction of sp³-hybridized carbons (Fsp3) is 0.333. The summed E-state index contributed by atoms with van der Waals surface area (Å²) < 4.78 is 13.4. The molecule has 0 fully saturated rings. The van der Waals surface area contributed by atoms with Crippen molar-refractivity contribution in [2.75, 3.05) is 26.4 Å². The van der Waals surface area contributed by atoms with Crippen LogP contribution >= 0.6 is 11.3 Å². The van der Waals surface area contributed by atoms with Gasteiger partial charge in [0.15, 0.2) is 5.13 Å². The van der Waals surface area contributed by atoms with E-state index in [1.54, 1.807) is 31.1 Å². The van der Waals surface area contributed by atoms with E-state index in [1.165, 1.54) is 23.5 Å². The Bertz CT molecular complexity index is 644. The SMILES string of the molecule is CN(C)[C@@H](C(=O)NCCc1csc(N)n1)c1cccc(F)c1. The number of likely N-dealkylation sites (N-methyl/N-ethyl adjacent to an activating group) is 1. The predicted molar refractivity (Wildman–Crippen MR) is 86.1 cm³/mol. The molecule has 2 rings (SSSR count). The first-order valence-electron chi connectivity index (χ1n) is 6.87. The largest absolute Gasteiger partial charge is 0.375 e. The fourth-order valence-corrected chi connectivity index (χ4v) is 2.81. The predicted octanol–water partition coefficient (Wildman–Crippen LogP) is 1.83. The quantitative estimate of drug-likeness (QED) is 0.851. The molecule has 0 unspecified atom stereocenters. The summed E-state index contributed by atoms with van der Waals surface area (Å²) in [6.45, 7) is 0.460. The summed E-state index contributed by atoms with van der Waals surface area (Å²) in [7, 11) is 3.58. The first kappa shape index (κ1) is 16.4. The van der Waals surface area contributed by atoms with Gasteiger partial charge in [-0.1, -0.05) is 12.1 Å². The van der Waals surface area contributed by atoms with Crippen LogP contribution in [0.4, 0.5) is 9.52 Å². The van der Waals surface area contributed by atoms with Gasteiger partial charge in [0, 0.05) is 18.3 Å². The van der Waals surface area contributed by atoms with Crippen LogP contribution in [-0.4, -0.2) is 36.4 Å². The molecule has 0 radical (unpaired) electrons. The number of carbonyl (C=O) groups is 1. The highest BCUT2D eigenvalue weighted by Gasteiger charge is 2.22. The second-order valence-electron chi connectivity index (χ2n) is 5.14. The Morgan fingerprint density at radius 3 is 2.86 bits per heavy atom. The average molecular weight is 322 g/mol. The van der Waals surface area contributed by atoms with Crippen LogP contribution in [0.5, 0.6) is 0 Å². The standard InChI is InChI=1S/C15H19FN4OS/c1-20(2)13(10-4-3-5-11(16)8-10)14(21)18-7-6-12-9-22-15(17)19-12/h3-5,8-9,13H,6-7H2,1-2H3,(H2,17,19)(H,18,21)/t13-/m1/s1. The van der Waals surface area contributed by atoms with E-state index in [1.807, 2.05) is 5.38 Å². The van der Waals surface area contributed by atoms with Crippen LogP contribution in [0.3, 0.4) is 0 Å². The zero-order chi connectivity index (χ0) is 16.1. The van der Waals surface area contributed by atoms with Crippen molar-refractivity contribution in [3.63, 3.8) is 0 Å². The first-order chi connectivity index (χ1) is 10.5. The van der Waals surface area contributed by atoms with Gasteiger partial charge in [-0.15, -0.1) is 11.3 Å². The van der Waals surface area contributed by atoms with Crippen LogP contribution < -0.4 is 11.1 Å². The first-order valence-corrected chi connectivity index (χ1v) is 7.75. The highest BCUT2D eigenvalue weighted by atomic mass is 32.1. The van der Waals surface area contributed by atoms with Crippen molar-refractivity contribution in [3.8, 4) is 0 Å². The highest BCUT2D eigenvalue weighted by Crippen LogP contribution is 2.19. The molecule has 0 aliphatic carbocycles. The lowest BCUT2D eigenvalue weighted by atomic mass is 10.1. The van der Waals surface area contributed by atoms with Crippen LogP contribution in [0, 0.1) is 5.82 Å². The third-order valence-corrected chi connectivity index (χ3v) is 3.90. The maximum Gasteiger partial charge on any atom is 0.241 e. The molecule has 7 heteroatoms. The number of nitrogens with zero attached hydrogens (tertiary/aromatic N) is 2. The normalized spacial score (nSPS) is 12.4. The van der Waals surface area contributed by atoms with Crippen LogP contribution in [-0.2, 0) is 11.2 Å². The Morgan fingerprint density at radius 1 is 1.50 bits per heavy atom. The summed E-state index contributed by atoms with van der Waals surface area (Å²) in [5, 5.41) is 5.25. The molecule has 0 saturated heterocycles. The molecule has 3 N–H and O–H groups in total. The minimum atomic E-state index is -0.531. The summed E-state index contributed by atoms with van der Waals surface area (Å²) in [6, 6.07) is 5.56. The molecule has 0 bridgehead atoms. The number of rotatable bonds is 6. The molecule has 5 nitrogen and oxygen atoms in total. The van der Waals surface area contributed by atoms with Gasteiger partial charge in [0.05, 0.1) is 5.69 Å². The van der Waals surface area contributed by atoms with Crippen molar-refractivity contribution < 1.29 is 9.18 Å². The third-order valence-electron chi connectivity index (χ3n) is 3.18. The van der Waals surface area contributed by atoms with Gasteiger partial charge in [-0.3, -0.25) is 9.69 Å². The van der Waals surface area contributed by atoms with Crippen LogP contribution in [0.1, 0.15) is 17.3 Å². The second-order valence-corrected chi connectivity index (χ2v) is 6.03. The van der Waals surface area contributed by atoms with Crippen molar-refractivity contribution in [2.24, 2.45) is 0 Å². The Labute approximate surface area is 133 Å². The number of hydrogen-bond donors (Lipinski definition) is 2. The fourth-order valence-electron chi connectivity index (χ4n) is 2.21. The molecule has 1 amide bonds. The molecule has 1 heterocycles. The Kier molecular flexibility index (Phi) is 5.46. The summed E-state index contributed by atoms with van der Waals surface area (Å²) in [5.74, 6) is -0.520. The number of aromatic nitrogens is 1. The van der Waals surface area contributed by atoms with Gasteiger partial charge < -0.3 is 11.1 Å². The van der Waals surface area contributed by atoms with E-state index in [0.717, 1.165) is 5.69 Å². The van der Waals surface area contributed by atoms with Crippen molar-refractivity contribution in [1.82, 2.24) is 15.2 Å². The molecule has 0 aliphatic heterocycles. The number of halogens is 1. The van der Waals surface area contributed by atoms with E-state index in [-0.39, 0.29) is 11.7 Å². The molecule has 0 saturated carbocycles. The third kappa shape index (κ3) is 4.25. The molecule has 0 spiro atoms. The lowest BCUT2D eigenvalue weighted by molar-refractivity contribution is -0.125. The summed E-state index contributed by atoms with van der Waals surface area (Å²) in [5.41, 5.74) is 7.05. The zero-order valence-electron chi connectivity index (χ0n) is 12.5. The van der Waals surface area contributed by atoms with Gasteiger partial charge >= 0.3 is 0 Å². The number of nitrogens with one attached hydrogen (secondary N) is 1. The van der Waals surface area contributed by atoms with Gasteiger partial charge in [0.25, 0.3) is 0 Å². The Morgan fingerprint density at radius 2 is 2.27 bits per heavy atom. The molecule has 1 atom stereocenters. The molecule has 2 aromatic rings. The van der Waals surface area contributed by atoms with Crippen molar-refractivity contribution >= 4 is 22.4 Å². The van der Waals surface area contributed by atoms with Crippen LogP contribution in [0.25, 0.3) is 0 Å². The molecule has 1 aromatic heterocycles. The van der Waals surface area contributed by atoms with E-state index < -0.39 is 6.04 Å². The van der Waals surface area contributed by atoms with Gasteiger partial charge in [-0.2, -0.15) is 0 Å². The lowest BCUT2D eigenvalue weighted by Gasteiger charge is -2.23. The molecular weight excluding hydrogens is 303 g/mol. The lowest BCUT2D eigenvalue weighted by Crippen LogP contribution is -2.38. The van der Waals surface area contributed by atoms with Crippen molar-refractivity contribution in [3.05, 3.63) is 46.7 Å². The van der Waals surface area contributed by atoms with E-state index in [9.17, 15) is 9.18 Å². The monoisotopic (exact) mass is 322 g/mol. The smallest absolute Gasteiger partial charge is 0.241 e. The van der Waals surface area contributed by atoms with Crippen molar-refractivity contribution in [2.45, 2.75) is 12.5 Å². The Balaban J connectivity index is 1.98. The van der Waals surface area contributed by atoms with Crippen LogP contribution in [0.15, 0.2) is 29.6 Å². The number of nitrogen functional groups attached to an aromatic ring is 1. The van der Waals surface area contributed by atoms with Crippen LogP contribution in [0.2, 0.25) is 0 Å². The number of nitrogens with two attached hydrogens (primary N) is 1. The van der Waals surface area contributed by atoms with Gasteiger partial charge in [-0.25, -0.2) is 9.37 Å². The average Bonchev–Trinajstić information content (AvgIpc) is 2.84. The number of anilines is 1. The summed E-state index contributed by atoms with van der Waals surface area (Å²) in [6.07, 6.45) is 0.614. The van der Waals surface area contributed by atoms with Gasteiger partial charge in [-0.05, 0) is 31.8 Å². The number of benzene rings is 1. The number of amides is 1. The van der Waals surface area contributed by atoms with Crippen molar-refractivity contribution in [1.29, 1.82) is 0 Å². The summed E-state index contributed by atoms with van der Waals surface area (Å²) >= 11 is 1.38. The van der Waals surface area contributed by atoms with E-state index >= 15 is 0 Å². The van der Waals surface area contributed by atoms with E-state index in [2.05, 4.69) is 10.3 Å². The molecule has 0 aliphatic rings. The van der Waals surface area contributed by atoms with E-state index in [4.69, 9.17) is 5.73 Å². The minimum absolute atomic E-state index is 0.168. The molecule has 118 valence electrons. The maximum absolute atomic E-state index is 13.4.